The van der Waals surface area contributed by atoms with Crippen molar-refractivity contribution in [2.75, 3.05) is 32.8 Å². The van der Waals surface area contributed by atoms with Crippen LogP contribution in [0.4, 0.5) is 11.4 Å². The minimum absolute atomic E-state index is 0.282. The van der Waals surface area contributed by atoms with E-state index in [1.54, 1.807) is 24.3 Å². The van der Waals surface area contributed by atoms with E-state index in [4.69, 9.17) is 48.5 Å². The number of thiophene rings is 3. The number of hydrogen-bond acceptors (Lipinski definition) is 15. The average Bonchev–Trinajstić information content (AvgIpc) is 3.96. The molecular weight excluding hydrogens is 967 g/mol. The summed E-state index contributed by atoms with van der Waals surface area (Å²) in [6.07, 6.45) is 0. The maximum Gasteiger partial charge on any atom is 0.496 e. The van der Waals surface area contributed by atoms with Crippen LogP contribution < -0.4 is 16.9 Å². The second-order valence-electron chi connectivity index (χ2n) is 11.9. The van der Waals surface area contributed by atoms with Crippen molar-refractivity contribution in [1.29, 1.82) is 0 Å². The lowest BCUT2D eigenvalue weighted by molar-refractivity contribution is 0.00578. The number of benzene rings is 2. The van der Waals surface area contributed by atoms with Gasteiger partial charge in [0.25, 0.3) is 0 Å². The Labute approximate surface area is 365 Å². The van der Waals surface area contributed by atoms with Gasteiger partial charge in [0.15, 0.2) is 0 Å². The Bertz CT molecular complexity index is 2170. The van der Waals surface area contributed by atoms with Gasteiger partial charge in [0.2, 0.25) is 0 Å². The van der Waals surface area contributed by atoms with Crippen molar-refractivity contribution in [2.45, 2.75) is 38.9 Å². The molecule has 1 saturated heterocycles. The summed E-state index contributed by atoms with van der Waals surface area (Å²) in [7, 11) is -1.29. The van der Waals surface area contributed by atoms with Gasteiger partial charge in [0, 0.05) is 34.4 Å². The van der Waals surface area contributed by atoms with Crippen LogP contribution in [0.5, 0.6) is 0 Å². The zero-order chi connectivity index (χ0) is 44.4. The molecule has 2 aromatic carbocycles. The summed E-state index contributed by atoms with van der Waals surface area (Å²) in [5.74, 6) is -1.47. The van der Waals surface area contributed by atoms with Gasteiger partial charge in [-0.05, 0) is 108 Å². The number of halogens is 2. The highest BCUT2D eigenvalue weighted by molar-refractivity contribution is 9.11. The highest BCUT2D eigenvalue weighted by atomic mass is 79.9. The summed E-state index contributed by atoms with van der Waals surface area (Å²) >= 11 is 10.3. The van der Waals surface area contributed by atoms with Crippen LogP contribution >= 0.6 is 65.9 Å². The third-order valence-corrected chi connectivity index (χ3v) is 11.8. The molecule has 0 atom stereocenters. The van der Waals surface area contributed by atoms with Gasteiger partial charge in [0.1, 0.15) is 14.6 Å². The van der Waals surface area contributed by atoms with E-state index in [2.05, 4.69) is 41.3 Å². The largest absolute Gasteiger partial charge is 0.496 e. The average molecular weight is 1010 g/mol. The molecule has 0 bridgehead atoms. The van der Waals surface area contributed by atoms with Crippen LogP contribution in [0.25, 0.3) is 10.4 Å². The summed E-state index contributed by atoms with van der Waals surface area (Å²) in [5, 5.41) is 15.4. The molecular formula is C36H43BBr2N2O13S4. The van der Waals surface area contributed by atoms with Gasteiger partial charge in [-0.15, -0.1) is 34.0 Å². The van der Waals surface area contributed by atoms with Gasteiger partial charge in [-0.3, -0.25) is 9.11 Å². The molecule has 5 aromatic rings. The zero-order valence-corrected chi connectivity index (χ0v) is 38.6. The first-order valence-electron chi connectivity index (χ1n) is 16.2. The molecule has 58 heavy (non-hydrogen) atoms. The molecule has 1 aliphatic heterocycles. The maximum absolute atomic E-state index is 11.3. The Morgan fingerprint density at radius 2 is 1.07 bits per heavy atom. The van der Waals surface area contributed by atoms with Crippen LogP contribution in [0.15, 0.2) is 92.5 Å². The van der Waals surface area contributed by atoms with E-state index in [1.807, 2.05) is 88.4 Å². The topological polar surface area (TPSA) is 255 Å². The normalized spacial score (nSPS) is 13.1. The lowest BCUT2D eigenvalue weighted by Crippen LogP contribution is -2.41. The van der Waals surface area contributed by atoms with E-state index in [0.717, 1.165) is 30.6 Å². The number of esters is 2. The van der Waals surface area contributed by atoms with Crippen LogP contribution in [-0.2, 0) is 29.2 Å². The van der Waals surface area contributed by atoms with Gasteiger partial charge >= 0.3 is 35.4 Å². The molecule has 6 rings (SSSR count). The van der Waals surface area contributed by atoms with Gasteiger partial charge in [-0.25, -0.2) is 14.4 Å². The molecule has 0 saturated carbocycles. The van der Waals surface area contributed by atoms with E-state index < -0.39 is 16.4 Å². The highest BCUT2D eigenvalue weighted by Crippen LogP contribution is 2.37. The van der Waals surface area contributed by atoms with E-state index in [-0.39, 0.29) is 30.3 Å². The first-order valence-corrected chi connectivity index (χ1v) is 21.6. The molecule has 22 heteroatoms. The van der Waals surface area contributed by atoms with E-state index >= 15 is 0 Å². The van der Waals surface area contributed by atoms with Crippen LogP contribution in [0.2, 0.25) is 0 Å². The Morgan fingerprint density at radius 3 is 1.45 bits per heavy atom. The fourth-order valence-corrected chi connectivity index (χ4v) is 7.56. The Balaban J connectivity index is 0.000000376. The predicted octanol–water partition coefficient (Wildman–Crippen LogP) is 7.81. The lowest BCUT2D eigenvalue weighted by Gasteiger charge is -2.32. The minimum atomic E-state index is -4.67. The Morgan fingerprint density at radius 1 is 0.672 bits per heavy atom. The van der Waals surface area contributed by atoms with Gasteiger partial charge in [0.05, 0.1) is 33.0 Å². The van der Waals surface area contributed by atoms with Crippen molar-refractivity contribution < 1.29 is 60.9 Å². The second-order valence-corrected chi connectivity index (χ2v) is 18.8. The molecule has 0 spiro atoms. The monoisotopic (exact) mass is 1010 g/mol. The molecule has 0 unspecified atom stereocenters. The van der Waals surface area contributed by atoms with Gasteiger partial charge in [-0.2, -0.15) is 8.42 Å². The first kappa shape index (κ1) is 52.3. The predicted molar refractivity (Wildman–Crippen MR) is 237 cm³/mol. The molecule has 1 aliphatic rings. The third kappa shape index (κ3) is 17.7. The Kier molecular flexibility index (Phi) is 22.0. The third-order valence-electron chi connectivity index (χ3n) is 7.47. The number of nitrogens with two attached hydrogens (primary N) is 2. The summed E-state index contributed by atoms with van der Waals surface area (Å²) < 4.78 is 54.4. The molecule has 0 aliphatic carbocycles. The molecule has 316 valence electrons. The van der Waals surface area contributed by atoms with E-state index in [0.29, 0.717) is 26.0 Å². The van der Waals surface area contributed by atoms with Gasteiger partial charge in [-0.1, -0.05) is 36.4 Å². The number of rotatable bonds is 5. The van der Waals surface area contributed by atoms with Crippen LogP contribution in [0.1, 0.15) is 56.7 Å². The molecule has 0 radical (unpaired) electrons. The number of nitrogen functional groups attached to an aromatic ring is 2. The fourth-order valence-electron chi connectivity index (χ4n) is 4.06. The zero-order valence-electron chi connectivity index (χ0n) is 32.2. The number of aromatic carboxylic acids is 1. The number of carbonyl (C=O) groups is 3. The Hall–Kier alpha value is -3.68. The van der Waals surface area contributed by atoms with Crippen molar-refractivity contribution in [3.8, 4) is 10.4 Å². The van der Waals surface area contributed by atoms with Crippen molar-refractivity contribution in [3.05, 3.63) is 107 Å². The van der Waals surface area contributed by atoms with E-state index in [9.17, 15) is 14.4 Å². The number of aliphatic hydroxyl groups is 1. The fraction of sp³-hybridized carbons (Fsp3) is 0.250. The van der Waals surface area contributed by atoms with Crippen LogP contribution in [0, 0.1) is 0 Å². The number of carbonyl (C=O) groups excluding carboxylic acids is 2. The highest BCUT2D eigenvalue weighted by Gasteiger charge is 2.52. The number of para-hydroxylation sites is 2. The molecule has 8 N–H and O–H groups in total. The smallest absolute Gasteiger partial charge is 0.477 e. The lowest BCUT2D eigenvalue weighted by atomic mass is 9.78. The summed E-state index contributed by atoms with van der Waals surface area (Å²) in [6.45, 7) is 8.14. The second kappa shape index (κ2) is 24.4. The van der Waals surface area contributed by atoms with Gasteiger partial charge < -0.3 is 40.5 Å². The number of carboxylic acids is 1. The molecule has 3 aromatic heterocycles. The van der Waals surface area contributed by atoms with Crippen molar-refractivity contribution in [1.82, 2.24) is 0 Å². The standard InChI is InChI=1S/C12H18BNO2.C12H11NO2S.C6H5BrO2S.C5H3BrO2S.CH4O.H2O4S/c1-11(2)12(3,4)16-13(15-11)9-7-5-6-8-10(9)14;1-15-12(14)11-7-6-10(16-11)8-4-2-3-5-9(8)13;1-9-6(8)4-2-3-5(7)10-4;6-4-2-1-3(9-4)5(7)8;1-2;1-5(2,3)4/h5-8H,14H2,1-4H3;2-7H,13H2,1H3;2-3H,1H3;1-2H,(H,7,8);2H,1H3;(H2,1,2,3,4). The van der Waals surface area contributed by atoms with Crippen LogP contribution in [0.3, 0.4) is 0 Å². The first-order chi connectivity index (χ1) is 27.0. The maximum atomic E-state index is 11.3. The summed E-state index contributed by atoms with van der Waals surface area (Å²) in [5.41, 5.74) is 14.4. The minimum Gasteiger partial charge on any atom is -0.477 e. The van der Waals surface area contributed by atoms with Crippen molar-refractivity contribution in [3.63, 3.8) is 0 Å². The molecule has 4 heterocycles. The van der Waals surface area contributed by atoms with Crippen LogP contribution in [-0.4, -0.2) is 85.3 Å². The number of anilines is 2. The van der Waals surface area contributed by atoms with E-state index in [1.165, 1.54) is 48.2 Å². The SMILES string of the molecule is CC1(C)OB(c2ccccc2N)OC1(C)C.CO.COC(=O)c1ccc(-c2ccccc2N)s1.COC(=O)c1ccc(Br)s1.O=C(O)c1ccc(Br)s1.O=S(=O)(O)O. The van der Waals surface area contributed by atoms with Crippen molar-refractivity contribution >= 4 is 118 Å². The summed E-state index contributed by atoms with van der Waals surface area (Å²) in [4.78, 5) is 34.8. The molecule has 15 nitrogen and oxygen atoms in total. The number of aliphatic hydroxyl groups excluding tert-OH is 1. The summed E-state index contributed by atoms with van der Waals surface area (Å²) in [6, 6.07) is 25.7. The molecule has 1 fully saturated rings. The number of ether oxygens (including phenoxy) is 2. The molecule has 0 amide bonds. The number of carboxylic acid groups (broad SMARTS) is 1. The quantitative estimate of drug-likeness (QED) is 0.0425. The van der Waals surface area contributed by atoms with Crippen molar-refractivity contribution in [2.24, 2.45) is 0 Å². The number of methoxy groups -OCH3 is 2. The number of hydrogen-bond donors (Lipinski definition) is 6.